The van der Waals surface area contributed by atoms with Gasteiger partial charge in [0, 0.05) is 25.3 Å². The summed E-state index contributed by atoms with van der Waals surface area (Å²) < 4.78 is 0. The standard InChI is InChI=1S/C21H25N3O3/c1-2-17(15-7-4-3-5-8-15)21(27)24-13-10-16(11-14-24)23-20(26)18-9-6-12-22-19(18)25/h3-9,12,16-17H,2,10-11,13-14H2,1H3,(H,22,25)(H,23,26). The summed E-state index contributed by atoms with van der Waals surface area (Å²) >= 11 is 0. The highest BCUT2D eigenvalue weighted by Crippen LogP contribution is 2.24. The number of carbonyl (C=O) groups is 2. The van der Waals surface area contributed by atoms with Gasteiger partial charge in [-0.3, -0.25) is 14.4 Å². The lowest BCUT2D eigenvalue weighted by Crippen LogP contribution is -2.48. The second-order valence-electron chi connectivity index (χ2n) is 6.86. The van der Waals surface area contributed by atoms with Gasteiger partial charge in [-0.1, -0.05) is 37.3 Å². The van der Waals surface area contributed by atoms with E-state index >= 15 is 0 Å². The van der Waals surface area contributed by atoms with Gasteiger partial charge < -0.3 is 15.2 Å². The molecule has 142 valence electrons. The Morgan fingerprint density at radius 1 is 1.15 bits per heavy atom. The zero-order valence-corrected chi connectivity index (χ0v) is 15.5. The fraction of sp³-hybridized carbons (Fsp3) is 0.381. The Hall–Kier alpha value is -2.89. The molecular weight excluding hydrogens is 342 g/mol. The number of rotatable bonds is 5. The summed E-state index contributed by atoms with van der Waals surface area (Å²) in [5.74, 6) is -0.342. The maximum atomic E-state index is 12.9. The van der Waals surface area contributed by atoms with Crippen LogP contribution in [-0.4, -0.2) is 40.8 Å². The van der Waals surface area contributed by atoms with Crippen molar-refractivity contribution in [3.05, 3.63) is 70.1 Å². The zero-order chi connectivity index (χ0) is 19.2. The minimum atomic E-state index is -0.392. The molecule has 1 unspecified atom stereocenters. The fourth-order valence-electron chi connectivity index (χ4n) is 3.57. The van der Waals surface area contributed by atoms with Gasteiger partial charge in [0.2, 0.25) is 5.91 Å². The van der Waals surface area contributed by atoms with Crippen LogP contribution in [0.4, 0.5) is 0 Å². The number of pyridine rings is 1. The zero-order valence-electron chi connectivity index (χ0n) is 15.5. The number of aromatic amines is 1. The lowest BCUT2D eigenvalue weighted by atomic mass is 9.93. The van der Waals surface area contributed by atoms with Crippen LogP contribution in [0.5, 0.6) is 0 Å². The van der Waals surface area contributed by atoms with E-state index in [2.05, 4.69) is 10.3 Å². The summed E-state index contributed by atoms with van der Waals surface area (Å²) in [6, 6.07) is 13.0. The van der Waals surface area contributed by atoms with Crippen LogP contribution in [0.2, 0.25) is 0 Å². The molecule has 2 aromatic rings. The molecule has 6 heteroatoms. The van der Waals surface area contributed by atoms with E-state index in [9.17, 15) is 14.4 Å². The summed E-state index contributed by atoms with van der Waals surface area (Å²) in [5, 5.41) is 2.91. The molecule has 0 bridgehead atoms. The van der Waals surface area contributed by atoms with Crippen LogP contribution in [-0.2, 0) is 4.79 Å². The van der Waals surface area contributed by atoms with Gasteiger partial charge in [-0.15, -0.1) is 0 Å². The number of hydrogen-bond acceptors (Lipinski definition) is 3. The molecule has 2 amide bonds. The van der Waals surface area contributed by atoms with E-state index in [4.69, 9.17) is 0 Å². The largest absolute Gasteiger partial charge is 0.349 e. The van der Waals surface area contributed by atoms with E-state index < -0.39 is 5.56 Å². The molecule has 0 spiro atoms. The lowest BCUT2D eigenvalue weighted by molar-refractivity contribution is -0.134. The smallest absolute Gasteiger partial charge is 0.260 e. The van der Waals surface area contributed by atoms with E-state index in [1.807, 2.05) is 42.2 Å². The van der Waals surface area contributed by atoms with Gasteiger partial charge in [0.05, 0.1) is 5.92 Å². The first-order valence-corrected chi connectivity index (χ1v) is 9.42. The predicted molar refractivity (Wildman–Crippen MR) is 104 cm³/mol. The number of likely N-dealkylation sites (tertiary alicyclic amines) is 1. The molecule has 3 rings (SSSR count). The average molecular weight is 367 g/mol. The van der Waals surface area contributed by atoms with Gasteiger partial charge in [0.1, 0.15) is 5.56 Å². The van der Waals surface area contributed by atoms with Crippen molar-refractivity contribution in [1.82, 2.24) is 15.2 Å². The summed E-state index contributed by atoms with van der Waals surface area (Å²) in [6.07, 6.45) is 3.64. The Kier molecular flexibility index (Phi) is 6.06. The number of aromatic nitrogens is 1. The van der Waals surface area contributed by atoms with E-state index in [1.54, 1.807) is 6.07 Å². The number of carbonyl (C=O) groups excluding carboxylic acids is 2. The number of benzene rings is 1. The van der Waals surface area contributed by atoms with Crippen molar-refractivity contribution in [3.63, 3.8) is 0 Å². The molecule has 27 heavy (non-hydrogen) atoms. The SMILES string of the molecule is CCC(C(=O)N1CCC(NC(=O)c2ccc[nH]c2=O)CC1)c1ccccc1. The van der Waals surface area contributed by atoms with Gasteiger partial charge >= 0.3 is 0 Å². The minimum absolute atomic E-state index is 0.0297. The van der Waals surface area contributed by atoms with Crippen LogP contribution in [0.25, 0.3) is 0 Å². The number of amides is 2. The molecule has 1 aliphatic heterocycles. The van der Waals surface area contributed by atoms with Crippen LogP contribution in [0.15, 0.2) is 53.5 Å². The van der Waals surface area contributed by atoms with Crippen LogP contribution in [0.3, 0.4) is 0 Å². The van der Waals surface area contributed by atoms with E-state index in [0.29, 0.717) is 25.9 Å². The highest BCUT2D eigenvalue weighted by molar-refractivity contribution is 5.94. The Morgan fingerprint density at radius 2 is 1.85 bits per heavy atom. The summed E-state index contributed by atoms with van der Waals surface area (Å²) in [5.41, 5.74) is 0.770. The molecule has 2 heterocycles. The highest BCUT2D eigenvalue weighted by Gasteiger charge is 2.29. The van der Waals surface area contributed by atoms with E-state index in [1.165, 1.54) is 12.3 Å². The second-order valence-corrected chi connectivity index (χ2v) is 6.86. The van der Waals surface area contributed by atoms with E-state index in [-0.39, 0.29) is 29.3 Å². The monoisotopic (exact) mass is 367 g/mol. The summed E-state index contributed by atoms with van der Waals surface area (Å²) in [7, 11) is 0. The number of hydrogen-bond donors (Lipinski definition) is 2. The molecule has 1 atom stereocenters. The Balaban J connectivity index is 1.57. The Labute approximate surface area is 158 Å². The number of H-pyrrole nitrogens is 1. The van der Waals surface area contributed by atoms with E-state index in [0.717, 1.165) is 12.0 Å². The van der Waals surface area contributed by atoms with Crippen molar-refractivity contribution >= 4 is 11.8 Å². The first-order valence-electron chi connectivity index (χ1n) is 9.42. The normalized spacial score (nSPS) is 16.0. The molecule has 1 aliphatic rings. The van der Waals surface area contributed by atoms with Crippen molar-refractivity contribution in [3.8, 4) is 0 Å². The van der Waals surface area contributed by atoms with Crippen molar-refractivity contribution in [1.29, 1.82) is 0 Å². The third-order valence-corrected chi connectivity index (χ3v) is 5.11. The molecule has 0 aliphatic carbocycles. The second kappa shape index (κ2) is 8.66. The van der Waals surface area contributed by atoms with Crippen LogP contribution in [0.1, 0.15) is 48.0 Å². The number of nitrogens with one attached hydrogen (secondary N) is 2. The van der Waals surface area contributed by atoms with Gasteiger partial charge in [0.25, 0.3) is 11.5 Å². The fourth-order valence-corrected chi connectivity index (χ4v) is 3.57. The number of piperidine rings is 1. The highest BCUT2D eigenvalue weighted by atomic mass is 16.2. The van der Waals surface area contributed by atoms with Gasteiger partial charge in [-0.05, 0) is 37.0 Å². The quantitative estimate of drug-likeness (QED) is 0.851. The lowest BCUT2D eigenvalue weighted by Gasteiger charge is -2.34. The molecule has 1 saturated heterocycles. The molecule has 2 N–H and O–H groups in total. The number of nitrogens with zero attached hydrogens (tertiary/aromatic N) is 1. The average Bonchev–Trinajstić information content (AvgIpc) is 2.70. The maximum absolute atomic E-state index is 12.9. The van der Waals surface area contributed by atoms with Gasteiger partial charge in [-0.2, -0.15) is 0 Å². The van der Waals surface area contributed by atoms with Crippen LogP contribution in [0, 0.1) is 0 Å². The Bertz CT molecular complexity index is 839. The predicted octanol–water partition coefficient (Wildman–Crippen LogP) is 2.29. The Morgan fingerprint density at radius 3 is 2.48 bits per heavy atom. The molecule has 1 aromatic carbocycles. The van der Waals surface area contributed by atoms with Crippen LogP contribution < -0.4 is 10.9 Å². The van der Waals surface area contributed by atoms with Gasteiger partial charge in [0.15, 0.2) is 0 Å². The third-order valence-electron chi connectivity index (χ3n) is 5.11. The van der Waals surface area contributed by atoms with Crippen molar-refractivity contribution < 1.29 is 9.59 Å². The molecule has 1 fully saturated rings. The molecule has 0 radical (unpaired) electrons. The van der Waals surface area contributed by atoms with Gasteiger partial charge in [-0.25, -0.2) is 0 Å². The molecular formula is C21H25N3O3. The van der Waals surface area contributed by atoms with Crippen molar-refractivity contribution in [2.75, 3.05) is 13.1 Å². The summed E-state index contributed by atoms with van der Waals surface area (Å²) in [4.78, 5) is 41.3. The summed E-state index contributed by atoms with van der Waals surface area (Å²) in [6.45, 7) is 3.25. The topological polar surface area (TPSA) is 82.3 Å². The molecule has 6 nitrogen and oxygen atoms in total. The maximum Gasteiger partial charge on any atom is 0.260 e. The van der Waals surface area contributed by atoms with Crippen LogP contribution >= 0.6 is 0 Å². The minimum Gasteiger partial charge on any atom is -0.349 e. The van der Waals surface area contributed by atoms with Crippen molar-refractivity contribution in [2.24, 2.45) is 0 Å². The first kappa shape index (κ1) is 18.9. The third kappa shape index (κ3) is 4.45. The van der Waals surface area contributed by atoms with Crippen molar-refractivity contribution in [2.45, 2.75) is 38.1 Å². The molecule has 0 saturated carbocycles. The first-order chi connectivity index (χ1) is 13.1. The molecule has 1 aromatic heterocycles.